The van der Waals surface area contributed by atoms with Crippen molar-refractivity contribution in [2.45, 2.75) is 24.9 Å². The summed E-state index contributed by atoms with van der Waals surface area (Å²) in [5.41, 5.74) is 0. The lowest BCUT2D eigenvalue weighted by Gasteiger charge is -2.08. The number of hydrogen-bond donors (Lipinski definition) is 3. The van der Waals surface area contributed by atoms with Gasteiger partial charge in [0, 0.05) is 6.42 Å². The van der Waals surface area contributed by atoms with E-state index in [1.807, 2.05) is 0 Å². The second kappa shape index (κ2) is 2.62. The van der Waals surface area contributed by atoms with Crippen molar-refractivity contribution in [3.63, 3.8) is 0 Å². The minimum atomic E-state index is -0.905. The van der Waals surface area contributed by atoms with Crippen molar-refractivity contribution in [1.29, 1.82) is 0 Å². The smallest absolute Gasteiger partial charge is 0.157 e. The predicted octanol–water partition coefficient (Wildman–Crippen LogP) is -1.55. The molecule has 1 aliphatic heterocycles. The Bertz CT molecular complexity index is 95.0. The zero-order valence-corrected chi connectivity index (χ0v) is 4.90. The van der Waals surface area contributed by atoms with Crippen LogP contribution in [0.5, 0.6) is 0 Å². The molecule has 0 spiro atoms. The van der Waals surface area contributed by atoms with Gasteiger partial charge in [-0.25, -0.2) is 0 Å². The first-order valence-electron chi connectivity index (χ1n) is 2.86. The van der Waals surface area contributed by atoms with Crippen molar-refractivity contribution >= 4 is 0 Å². The number of ether oxygens (including phenoxy) is 1. The number of aliphatic hydroxyl groups is 3. The third-order valence-electron chi connectivity index (χ3n) is 1.38. The maximum atomic E-state index is 8.91. The first-order chi connectivity index (χ1) is 4.24. The molecule has 0 aromatic heterocycles. The van der Waals surface area contributed by atoms with Gasteiger partial charge in [0.15, 0.2) is 6.29 Å². The second-order valence-corrected chi connectivity index (χ2v) is 2.11. The first-order valence-corrected chi connectivity index (χ1v) is 2.86. The van der Waals surface area contributed by atoms with E-state index in [1.54, 1.807) is 0 Å². The molecule has 0 bridgehead atoms. The standard InChI is InChI=1S/C5H10O4/c6-2-4-3(7)1-5(8)9-4/h3-8H,1-2H2/t3-,4+,5+/m0/s1. The molecule has 4 heteroatoms. The number of rotatable bonds is 1. The van der Waals surface area contributed by atoms with E-state index in [-0.39, 0.29) is 13.0 Å². The van der Waals surface area contributed by atoms with Crippen molar-refractivity contribution in [2.24, 2.45) is 0 Å². The van der Waals surface area contributed by atoms with Gasteiger partial charge in [-0.1, -0.05) is 0 Å². The Balaban J connectivity index is 2.38. The highest BCUT2D eigenvalue weighted by atomic mass is 16.6. The van der Waals surface area contributed by atoms with Crippen LogP contribution in [0, 0.1) is 0 Å². The van der Waals surface area contributed by atoms with Gasteiger partial charge in [0.25, 0.3) is 0 Å². The molecule has 54 valence electrons. The summed E-state index contributed by atoms with van der Waals surface area (Å²) in [4.78, 5) is 0. The van der Waals surface area contributed by atoms with Gasteiger partial charge in [0.05, 0.1) is 12.7 Å². The summed E-state index contributed by atoms with van der Waals surface area (Å²) in [5.74, 6) is 0. The van der Waals surface area contributed by atoms with Gasteiger partial charge in [-0.15, -0.1) is 0 Å². The van der Waals surface area contributed by atoms with Crippen LogP contribution in [-0.2, 0) is 4.74 Å². The Labute approximate surface area is 52.7 Å². The Morgan fingerprint density at radius 3 is 2.33 bits per heavy atom. The van der Waals surface area contributed by atoms with Gasteiger partial charge in [0.1, 0.15) is 6.10 Å². The van der Waals surface area contributed by atoms with Crippen LogP contribution in [0.25, 0.3) is 0 Å². The fourth-order valence-corrected chi connectivity index (χ4v) is 0.871. The molecule has 3 atom stereocenters. The highest BCUT2D eigenvalue weighted by molar-refractivity contribution is 4.75. The van der Waals surface area contributed by atoms with Gasteiger partial charge in [-0.3, -0.25) is 0 Å². The molecule has 0 aromatic carbocycles. The zero-order chi connectivity index (χ0) is 6.85. The normalized spacial score (nSPS) is 43.7. The molecule has 0 radical (unpaired) electrons. The molecule has 1 heterocycles. The molecule has 1 saturated heterocycles. The second-order valence-electron chi connectivity index (χ2n) is 2.11. The molecule has 4 nitrogen and oxygen atoms in total. The van der Waals surface area contributed by atoms with Gasteiger partial charge >= 0.3 is 0 Å². The van der Waals surface area contributed by atoms with E-state index in [1.165, 1.54) is 0 Å². The molecule has 9 heavy (non-hydrogen) atoms. The Hall–Kier alpha value is -0.160. The summed E-state index contributed by atoms with van der Waals surface area (Å²) in [5, 5.41) is 26.1. The first kappa shape index (κ1) is 6.95. The van der Waals surface area contributed by atoms with Crippen LogP contribution >= 0.6 is 0 Å². The molecule has 1 aliphatic rings. The van der Waals surface area contributed by atoms with Gasteiger partial charge in [-0.05, 0) is 0 Å². The molecular weight excluding hydrogens is 124 g/mol. The van der Waals surface area contributed by atoms with Gasteiger partial charge in [-0.2, -0.15) is 0 Å². The fourth-order valence-electron chi connectivity index (χ4n) is 0.871. The Morgan fingerprint density at radius 2 is 2.11 bits per heavy atom. The molecule has 0 amide bonds. The summed E-state index contributed by atoms with van der Waals surface area (Å²) >= 11 is 0. The largest absolute Gasteiger partial charge is 0.394 e. The van der Waals surface area contributed by atoms with Crippen molar-refractivity contribution < 1.29 is 20.1 Å². The monoisotopic (exact) mass is 134 g/mol. The molecular formula is C5H10O4. The Morgan fingerprint density at radius 1 is 1.44 bits per heavy atom. The van der Waals surface area contributed by atoms with Gasteiger partial charge < -0.3 is 20.1 Å². The highest BCUT2D eigenvalue weighted by Gasteiger charge is 2.31. The minimum Gasteiger partial charge on any atom is -0.394 e. The van der Waals surface area contributed by atoms with E-state index in [9.17, 15) is 0 Å². The van der Waals surface area contributed by atoms with Crippen LogP contribution in [0.2, 0.25) is 0 Å². The van der Waals surface area contributed by atoms with E-state index in [0.717, 1.165) is 0 Å². The van der Waals surface area contributed by atoms with Crippen LogP contribution in [0.3, 0.4) is 0 Å². The summed E-state index contributed by atoms with van der Waals surface area (Å²) < 4.78 is 4.68. The maximum Gasteiger partial charge on any atom is 0.157 e. The lowest BCUT2D eigenvalue weighted by atomic mass is 10.2. The third kappa shape index (κ3) is 1.40. The maximum absolute atomic E-state index is 8.91. The third-order valence-corrected chi connectivity index (χ3v) is 1.38. The lowest BCUT2D eigenvalue weighted by molar-refractivity contribution is -0.107. The topological polar surface area (TPSA) is 69.9 Å². The summed E-state index contributed by atoms with van der Waals surface area (Å²) in [6, 6.07) is 0. The summed E-state index contributed by atoms with van der Waals surface area (Å²) in [6.45, 7) is -0.238. The molecule has 1 rings (SSSR count). The SMILES string of the molecule is OC[C@H]1O[C@@H](O)C[C@@H]1O. The van der Waals surface area contributed by atoms with Crippen LogP contribution < -0.4 is 0 Å². The van der Waals surface area contributed by atoms with Crippen LogP contribution in [-0.4, -0.2) is 40.4 Å². The molecule has 0 saturated carbocycles. The lowest BCUT2D eigenvalue weighted by Crippen LogP contribution is -2.24. The van der Waals surface area contributed by atoms with E-state index in [4.69, 9.17) is 15.3 Å². The molecule has 1 fully saturated rings. The predicted molar refractivity (Wildman–Crippen MR) is 28.6 cm³/mol. The van der Waals surface area contributed by atoms with E-state index in [2.05, 4.69) is 4.74 Å². The average molecular weight is 134 g/mol. The molecule has 0 unspecified atom stereocenters. The van der Waals surface area contributed by atoms with E-state index < -0.39 is 18.5 Å². The van der Waals surface area contributed by atoms with Crippen molar-refractivity contribution in [1.82, 2.24) is 0 Å². The van der Waals surface area contributed by atoms with Crippen LogP contribution in [0.15, 0.2) is 0 Å². The zero-order valence-electron chi connectivity index (χ0n) is 4.90. The summed E-state index contributed by atoms with van der Waals surface area (Å²) in [6.07, 6.45) is -2.02. The highest BCUT2D eigenvalue weighted by Crippen LogP contribution is 2.17. The fraction of sp³-hybridized carbons (Fsp3) is 1.00. The molecule has 0 aromatic rings. The number of hydrogen-bond acceptors (Lipinski definition) is 4. The minimum absolute atomic E-state index is 0.200. The summed E-state index contributed by atoms with van der Waals surface area (Å²) in [7, 11) is 0. The van der Waals surface area contributed by atoms with Crippen molar-refractivity contribution in [3.05, 3.63) is 0 Å². The van der Waals surface area contributed by atoms with E-state index >= 15 is 0 Å². The Kier molecular flexibility index (Phi) is 2.02. The van der Waals surface area contributed by atoms with Gasteiger partial charge in [0.2, 0.25) is 0 Å². The van der Waals surface area contributed by atoms with Crippen molar-refractivity contribution in [2.75, 3.05) is 6.61 Å². The molecule has 3 N–H and O–H groups in total. The average Bonchev–Trinajstić information content (AvgIpc) is 2.10. The quantitative estimate of drug-likeness (QED) is 0.406. The van der Waals surface area contributed by atoms with E-state index in [0.29, 0.717) is 0 Å². The number of aliphatic hydroxyl groups excluding tert-OH is 3. The molecule has 0 aliphatic carbocycles. The van der Waals surface area contributed by atoms with Crippen LogP contribution in [0.4, 0.5) is 0 Å². The van der Waals surface area contributed by atoms with Crippen LogP contribution in [0.1, 0.15) is 6.42 Å². The van der Waals surface area contributed by atoms with Crippen molar-refractivity contribution in [3.8, 4) is 0 Å².